The molecule has 3 saturated carbocycles. The molecule has 14 nitrogen and oxygen atoms in total. The number of nitriles is 1. The van der Waals surface area contributed by atoms with Crippen LogP contribution in [0.2, 0.25) is 0 Å². The molecule has 2 amide bonds. The summed E-state index contributed by atoms with van der Waals surface area (Å²) in [7, 11) is 1.19. The molecule has 222 valence electrons. The van der Waals surface area contributed by atoms with Gasteiger partial charge in [-0.25, -0.2) is 24.2 Å². The van der Waals surface area contributed by atoms with Crippen molar-refractivity contribution in [1.82, 2.24) is 34.2 Å². The number of amides is 2. The van der Waals surface area contributed by atoms with Crippen molar-refractivity contribution in [3.05, 3.63) is 40.6 Å². The zero-order valence-electron chi connectivity index (χ0n) is 27.5. The van der Waals surface area contributed by atoms with Gasteiger partial charge in [0.2, 0.25) is 5.91 Å². The van der Waals surface area contributed by atoms with Gasteiger partial charge in [0.25, 0.3) is 0 Å². The average Bonchev–Trinajstić information content (AvgIpc) is 3.81. The number of pyridine rings is 2. The minimum Gasteiger partial charge on any atom is -0.453 e. The molecule has 3 aliphatic rings. The summed E-state index contributed by atoms with van der Waals surface area (Å²) >= 11 is 0. The van der Waals surface area contributed by atoms with Gasteiger partial charge in [-0.1, -0.05) is 6.92 Å². The third-order valence-electron chi connectivity index (χ3n) is 9.13. The SMILES string of the molecule is [2H]C([2H])([2H])n1c(=O)n([C@@H]2CC[C@@]([2H])(NC(=O)OC)C2)c2cc(Nc3ccc4c(C5(C#N)CC5)nn([C@@]5(C(N)=O)C[C@@H]5C)c4n3)ncc21. The van der Waals surface area contributed by atoms with E-state index in [4.69, 9.17) is 21.3 Å². The van der Waals surface area contributed by atoms with Gasteiger partial charge >= 0.3 is 11.8 Å². The summed E-state index contributed by atoms with van der Waals surface area (Å²) in [5, 5.41) is 20.9. The summed E-state index contributed by atoms with van der Waals surface area (Å²) < 4.78 is 41.0. The molecule has 3 aliphatic carbocycles. The van der Waals surface area contributed by atoms with Gasteiger partial charge in [0.05, 0.1) is 37.5 Å². The van der Waals surface area contributed by atoms with Gasteiger partial charge in [-0.05, 0) is 56.6 Å². The highest BCUT2D eigenvalue weighted by Crippen LogP contribution is 2.54. The van der Waals surface area contributed by atoms with Crippen LogP contribution in [-0.2, 0) is 27.5 Å². The molecular weight excluding hydrogens is 552 g/mol. The second kappa shape index (κ2) is 9.29. The number of nitrogens with zero attached hydrogens (tertiary/aromatic N) is 7. The summed E-state index contributed by atoms with van der Waals surface area (Å²) in [5.74, 6) is -0.0352. The largest absolute Gasteiger partial charge is 0.453 e. The summed E-state index contributed by atoms with van der Waals surface area (Å²) in [6.45, 7) is -0.901. The third-order valence-corrected chi connectivity index (χ3v) is 9.13. The molecule has 4 N–H and O–H groups in total. The van der Waals surface area contributed by atoms with Gasteiger partial charge in [0, 0.05) is 34.6 Å². The number of imidazole rings is 1. The molecule has 0 aliphatic heterocycles. The van der Waals surface area contributed by atoms with E-state index in [-0.39, 0.29) is 35.6 Å². The van der Waals surface area contributed by atoms with Crippen LogP contribution in [0, 0.1) is 17.2 Å². The Balaban J connectivity index is 1.30. The molecule has 14 heteroatoms. The van der Waals surface area contributed by atoms with E-state index in [1.54, 1.807) is 16.8 Å². The molecule has 0 bridgehead atoms. The number of hydrogen-bond donors (Lipinski definition) is 3. The number of carbonyl (C=O) groups excluding carboxylic acids is 2. The lowest BCUT2D eigenvalue weighted by molar-refractivity contribution is -0.123. The van der Waals surface area contributed by atoms with Gasteiger partial charge in [0.1, 0.15) is 22.6 Å². The zero-order valence-corrected chi connectivity index (χ0v) is 23.5. The minimum absolute atomic E-state index is 0.0436. The van der Waals surface area contributed by atoms with Crippen LogP contribution in [0.15, 0.2) is 29.2 Å². The number of nitrogens with one attached hydrogen (secondary N) is 2. The number of hydrogen-bond acceptors (Lipinski definition) is 9. The Morgan fingerprint density at radius 2 is 2.07 bits per heavy atom. The lowest BCUT2D eigenvalue weighted by Gasteiger charge is -2.15. The molecule has 0 saturated heterocycles. The number of nitrogens with two attached hydrogens (primary N) is 1. The number of aromatic nitrogens is 6. The Kier molecular flexibility index (Phi) is 4.89. The molecule has 4 atom stereocenters. The highest BCUT2D eigenvalue weighted by atomic mass is 16.5. The quantitative estimate of drug-likeness (QED) is 0.291. The molecule has 7 rings (SSSR count). The number of fused-ring (bicyclic) bond motifs is 2. The zero-order chi connectivity index (χ0) is 33.7. The maximum absolute atomic E-state index is 13.6. The smallest absolute Gasteiger partial charge is 0.407 e. The van der Waals surface area contributed by atoms with Crippen LogP contribution in [0.25, 0.3) is 22.1 Å². The summed E-state index contributed by atoms with van der Waals surface area (Å²) in [6.07, 6.45) is 2.89. The van der Waals surface area contributed by atoms with E-state index in [1.807, 2.05) is 6.92 Å². The average molecular weight is 589 g/mol. The predicted octanol–water partition coefficient (Wildman–Crippen LogP) is 2.45. The van der Waals surface area contributed by atoms with Crippen LogP contribution < -0.4 is 22.1 Å². The number of rotatable bonds is 7. The van der Waals surface area contributed by atoms with Crippen LogP contribution in [0.3, 0.4) is 0 Å². The molecule has 4 aromatic heterocycles. The molecule has 0 radical (unpaired) electrons. The molecule has 4 aromatic rings. The number of carbonyl (C=O) groups is 2. The normalized spacial score (nSPS) is 28.8. The van der Waals surface area contributed by atoms with Gasteiger partial charge in [-0.3, -0.25) is 13.9 Å². The first-order chi connectivity index (χ1) is 22.2. The van der Waals surface area contributed by atoms with E-state index in [1.165, 1.54) is 23.9 Å². The van der Waals surface area contributed by atoms with Gasteiger partial charge in [-0.15, -0.1) is 0 Å². The first kappa shape index (κ1) is 22.6. The fraction of sp³-hybridized carbons (Fsp3) is 0.483. The van der Waals surface area contributed by atoms with Crippen LogP contribution >= 0.6 is 0 Å². The maximum atomic E-state index is 13.6. The number of aryl methyl sites for hydroxylation is 1. The van der Waals surface area contributed by atoms with Crippen molar-refractivity contribution in [1.29, 1.82) is 5.26 Å². The lowest BCUT2D eigenvalue weighted by Crippen LogP contribution is -2.37. The van der Waals surface area contributed by atoms with Crippen molar-refractivity contribution in [3.8, 4) is 6.07 Å². The van der Waals surface area contributed by atoms with E-state index < -0.39 is 47.7 Å². The van der Waals surface area contributed by atoms with Crippen molar-refractivity contribution >= 4 is 45.7 Å². The molecule has 4 heterocycles. The predicted molar refractivity (Wildman–Crippen MR) is 155 cm³/mol. The highest BCUT2D eigenvalue weighted by Gasteiger charge is 2.61. The molecule has 0 unspecified atom stereocenters. The van der Waals surface area contributed by atoms with Crippen molar-refractivity contribution in [3.63, 3.8) is 0 Å². The first-order valence-corrected chi connectivity index (χ1v) is 14.0. The van der Waals surface area contributed by atoms with Crippen LogP contribution in [-0.4, -0.2) is 54.0 Å². The Bertz CT molecular complexity index is 2090. The Hall–Kier alpha value is -4.93. The van der Waals surface area contributed by atoms with E-state index in [9.17, 15) is 19.6 Å². The van der Waals surface area contributed by atoms with Crippen molar-refractivity contribution in [2.75, 3.05) is 12.4 Å². The third kappa shape index (κ3) is 3.98. The summed E-state index contributed by atoms with van der Waals surface area (Å²) in [5.41, 5.74) is 4.56. The van der Waals surface area contributed by atoms with Crippen molar-refractivity contribution < 1.29 is 19.8 Å². The Morgan fingerprint density at radius 1 is 1.28 bits per heavy atom. The van der Waals surface area contributed by atoms with E-state index >= 15 is 0 Å². The fourth-order valence-electron chi connectivity index (χ4n) is 6.40. The first-order valence-electron chi connectivity index (χ1n) is 16.0. The number of methoxy groups -OCH3 is 1. The number of primary amides is 1. The van der Waals surface area contributed by atoms with Gasteiger partial charge < -0.3 is 21.1 Å². The van der Waals surface area contributed by atoms with Crippen molar-refractivity contribution in [2.45, 2.75) is 68.5 Å². The van der Waals surface area contributed by atoms with E-state index in [0.717, 1.165) is 0 Å². The second-order valence-electron chi connectivity index (χ2n) is 11.7. The molecule has 43 heavy (non-hydrogen) atoms. The number of alkyl carbamates (subject to hydrolysis) is 1. The molecular formula is C29H32N10O4. The maximum Gasteiger partial charge on any atom is 0.407 e. The fourth-order valence-corrected chi connectivity index (χ4v) is 6.40. The van der Waals surface area contributed by atoms with Crippen LogP contribution in [0.1, 0.15) is 62.7 Å². The Labute approximate surface area is 251 Å². The highest BCUT2D eigenvalue weighted by molar-refractivity contribution is 5.90. The summed E-state index contributed by atoms with van der Waals surface area (Å²) in [4.78, 5) is 47.3. The lowest BCUT2D eigenvalue weighted by atomic mass is 10.0. The summed E-state index contributed by atoms with van der Waals surface area (Å²) in [6, 6.07) is 5.37. The number of anilines is 2. The topological polar surface area (TPSA) is 188 Å². The molecule has 0 spiro atoms. The van der Waals surface area contributed by atoms with E-state index in [2.05, 4.69) is 26.4 Å². The monoisotopic (exact) mass is 588 g/mol. The standard InChI is InChI=1S/C29H32N10O4/c1-15-12-29(15,25(31)40)39-24-18(23(36-39)28(14-30)8-9-28)6-7-21(35-24)34-22-11-19-20(13-32-22)37(2)27(42)38(19)17-5-4-16(10-17)33-26(41)43-3/h6-7,11,13,15-17H,4-5,8-10,12H2,1-3H3,(H2,31,40)(H,33,41)(H,32,34,35)/t15-,16+,17+,29-/m0/s1/i2D3,16D. The van der Waals surface area contributed by atoms with Gasteiger partial charge in [-0.2, -0.15) is 10.4 Å². The second-order valence-corrected chi connectivity index (χ2v) is 11.7. The molecule has 3 fully saturated rings. The van der Waals surface area contributed by atoms with Crippen molar-refractivity contribution in [2.24, 2.45) is 18.6 Å². The van der Waals surface area contributed by atoms with Crippen LogP contribution in [0.4, 0.5) is 16.4 Å². The van der Waals surface area contributed by atoms with Gasteiger partial charge in [0.15, 0.2) is 5.65 Å². The van der Waals surface area contributed by atoms with E-state index in [0.29, 0.717) is 52.8 Å². The number of ether oxygens (including phenoxy) is 1. The minimum atomic E-state index is -2.81. The van der Waals surface area contributed by atoms with Crippen LogP contribution in [0.5, 0.6) is 0 Å². The Morgan fingerprint density at radius 3 is 2.72 bits per heavy atom. The molecule has 0 aromatic carbocycles.